The van der Waals surface area contributed by atoms with E-state index in [1.165, 1.54) is 13.2 Å². The number of hydrogen-bond acceptors (Lipinski definition) is 5. The molecule has 0 unspecified atom stereocenters. The molecule has 0 atom stereocenters. The highest BCUT2D eigenvalue weighted by molar-refractivity contribution is 5.97. The number of carbonyl (C=O) groups is 1. The molecular weight excluding hydrogens is 442 g/mol. The number of para-hydroxylation sites is 2. The van der Waals surface area contributed by atoms with Crippen molar-refractivity contribution in [3.05, 3.63) is 89.1 Å². The van der Waals surface area contributed by atoms with Gasteiger partial charge >= 0.3 is 5.97 Å². The smallest absolute Gasteiger partial charge is 0.337 e. The number of hydrogen-bond donors (Lipinski definition) is 2. The fraction of sp³-hybridized carbons (Fsp3) is 0.143. The minimum absolute atomic E-state index is 0.0896. The lowest BCUT2D eigenvalue weighted by Gasteiger charge is -2.15. The minimum Gasteiger partial charge on any atom is -0.497 e. The zero-order chi connectivity index (χ0) is 24.7. The van der Waals surface area contributed by atoms with E-state index in [-0.39, 0.29) is 5.56 Å². The first kappa shape index (κ1) is 22.3. The molecule has 0 fully saturated rings. The Kier molecular flexibility index (Phi) is 5.53. The summed E-state index contributed by atoms with van der Waals surface area (Å²) in [6.45, 7) is 5.96. The summed E-state index contributed by atoms with van der Waals surface area (Å²) < 4.78 is 13.4. The lowest BCUT2D eigenvalue weighted by molar-refractivity contribution is 0.0697. The van der Waals surface area contributed by atoms with Gasteiger partial charge in [0.05, 0.1) is 35.3 Å². The van der Waals surface area contributed by atoms with Gasteiger partial charge in [-0.2, -0.15) is 5.10 Å². The number of nitrogens with zero attached hydrogens (tertiary/aromatic N) is 2. The third-order valence-electron chi connectivity index (χ3n) is 6.19. The van der Waals surface area contributed by atoms with Gasteiger partial charge in [-0.05, 0) is 56.7 Å². The van der Waals surface area contributed by atoms with Crippen LogP contribution in [0.5, 0.6) is 5.75 Å². The second-order valence-corrected chi connectivity index (χ2v) is 8.40. The maximum atomic E-state index is 12.1. The van der Waals surface area contributed by atoms with Crippen LogP contribution in [0.15, 0.2) is 71.1 Å². The molecule has 7 heteroatoms. The first-order valence-corrected chi connectivity index (χ1v) is 11.2. The third kappa shape index (κ3) is 3.81. The number of ether oxygens (including phenoxy) is 1. The van der Waals surface area contributed by atoms with Gasteiger partial charge in [0.15, 0.2) is 0 Å². The summed E-state index contributed by atoms with van der Waals surface area (Å²) in [6.07, 6.45) is 0. The SMILES string of the molecule is COc1ccc(Nc2c(-c3oc4ccccc4c3C)c(C)nn2-c2ccccc2C)c(C(=O)O)c1. The van der Waals surface area contributed by atoms with Crippen LogP contribution < -0.4 is 10.1 Å². The first-order chi connectivity index (χ1) is 16.9. The largest absolute Gasteiger partial charge is 0.497 e. The van der Waals surface area contributed by atoms with Gasteiger partial charge in [0.2, 0.25) is 0 Å². The molecule has 0 radical (unpaired) electrons. The van der Waals surface area contributed by atoms with E-state index in [0.29, 0.717) is 23.0 Å². The van der Waals surface area contributed by atoms with Crippen molar-refractivity contribution in [3.63, 3.8) is 0 Å². The highest BCUT2D eigenvalue weighted by Crippen LogP contribution is 2.41. The van der Waals surface area contributed by atoms with Gasteiger partial charge in [-0.15, -0.1) is 0 Å². The van der Waals surface area contributed by atoms with Gasteiger partial charge in [0.25, 0.3) is 0 Å². The van der Waals surface area contributed by atoms with Gasteiger partial charge < -0.3 is 19.6 Å². The number of aryl methyl sites for hydroxylation is 3. The van der Waals surface area contributed by atoms with E-state index in [1.807, 2.05) is 74.0 Å². The van der Waals surface area contributed by atoms with Crippen LogP contribution in [0.1, 0.15) is 27.2 Å². The Hall–Kier alpha value is -4.52. The topological polar surface area (TPSA) is 89.5 Å². The molecule has 5 aromatic rings. The predicted octanol–water partition coefficient (Wildman–Crippen LogP) is 6.66. The summed E-state index contributed by atoms with van der Waals surface area (Å²) in [5.41, 5.74) is 5.71. The van der Waals surface area contributed by atoms with E-state index >= 15 is 0 Å². The Morgan fingerprint density at radius 3 is 2.49 bits per heavy atom. The van der Waals surface area contributed by atoms with Crippen LogP contribution >= 0.6 is 0 Å². The van der Waals surface area contributed by atoms with Gasteiger partial charge in [0.1, 0.15) is 22.9 Å². The van der Waals surface area contributed by atoms with E-state index in [2.05, 4.69) is 5.32 Å². The molecule has 0 saturated heterocycles. The Morgan fingerprint density at radius 2 is 1.77 bits per heavy atom. The highest BCUT2D eigenvalue weighted by Gasteiger charge is 2.25. The number of carboxylic acid groups (broad SMARTS) is 1. The van der Waals surface area contributed by atoms with E-state index in [9.17, 15) is 9.90 Å². The van der Waals surface area contributed by atoms with E-state index in [4.69, 9.17) is 14.3 Å². The van der Waals surface area contributed by atoms with Gasteiger partial charge in [-0.3, -0.25) is 0 Å². The number of nitrogens with one attached hydrogen (secondary N) is 1. The molecule has 7 nitrogen and oxygen atoms in total. The van der Waals surface area contributed by atoms with Crippen molar-refractivity contribution in [1.29, 1.82) is 0 Å². The maximum Gasteiger partial charge on any atom is 0.337 e. The number of rotatable bonds is 6. The zero-order valence-corrected chi connectivity index (χ0v) is 19.9. The summed E-state index contributed by atoms with van der Waals surface area (Å²) in [4.78, 5) is 12.1. The highest BCUT2D eigenvalue weighted by atomic mass is 16.5. The van der Waals surface area contributed by atoms with E-state index in [1.54, 1.807) is 12.1 Å². The molecule has 0 bridgehead atoms. The van der Waals surface area contributed by atoms with Crippen LogP contribution in [0.4, 0.5) is 11.5 Å². The number of aromatic carboxylic acids is 1. The summed E-state index contributed by atoms with van der Waals surface area (Å²) in [5, 5.41) is 19.1. The van der Waals surface area contributed by atoms with Crippen molar-refractivity contribution in [2.24, 2.45) is 0 Å². The van der Waals surface area contributed by atoms with Gasteiger partial charge in [0, 0.05) is 10.9 Å². The van der Waals surface area contributed by atoms with Crippen LogP contribution in [0.25, 0.3) is 28.0 Å². The second-order valence-electron chi connectivity index (χ2n) is 8.40. The number of methoxy groups -OCH3 is 1. The van der Waals surface area contributed by atoms with Crippen LogP contribution in [0.3, 0.4) is 0 Å². The molecule has 0 aliphatic carbocycles. The van der Waals surface area contributed by atoms with Crippen molar-refractivity contribution >= 4 is 28.4 Å². The standard InChI is InChI=1S/C28H25N3O4/c1-16-9-5-7-11-23(16)31-27(29-22-14-13-19(34-4)15-21(22)28(32)33)25(18(3)30-31)26-17(2)20-10-6-8-12-24(20)35-26/h5-15,29H,1-4H3,(H,32,33). The molecule has 176 valence electrons. The average Bonchev–Trinajstić information content (AvgIpc) is 3.35. The van der Waals surface area contributed by atoms with E-state index < -0.39 is 5.97 Å². The monoisotopic (exact) mass is 467 g/mol. The first-order valence-electron chi connectivity index (χ1n) is 11.2. The van der Waals surface area contributed by atoms with E-state index in [0.717, 1.165) is 39.0 Å². The molecule has 2 aromatic heterocycles. The number of carboxylic acids is 1. The Morgan fingerprint density at radius 1 is 1.03 bits per heavy atom. The lowest BCUT2D eigenvalue weighted by Crippen LogP contribution is -2.08. The van der Waals surface area contributed by atoms with Crippen molar-refractivity contribution in [2.45, 2.75) is 20.8 Å². The summed E-state index contributed by atoms with van der Waals surface area (Å²) in [5.74, 6) is 0.708. The maximum absolute atomic E-state index is 12.1. The Bertz CT molecular complexity index is 1580. The normalized spacial score (nSPS) is 11.1. The molecule has 5 rings (SSSR count). The molecule has 0 aliphatic rings. The molecular formula is C28H25N3O4. The number of benzene rings is 3. The van der Waals surface area contributed by atoms with Crippen molar-refractivity contribution < 1.29 is 19.1 Å². The average molecular weight is 468 g/mol. The van der Waals surface area contributed by atoms with Crippen LogP contribution in [-0.4, -0.2) is 28.0 Å². The minimum atomic E-state index is -1.06. The fourth-order valence-corrected chi connectivity index (χ4v) is 4.37. The summed E-state index contributed by atoms with van der Waals surface area (Å²) >= 11 is 0. The molecule has 3 aromatic carbocycles. The van der Waals surface area contributed by atoms with Crippen LogP contribution in [-0.2, 0) is 0 Å². The Balaban J connectivity index is 1.78. The third-order valence-corrected chi connectivity index (χ3v) is 6.19. The molecule has 0 spiro atoms. The molecule has 0 aliphatic heterocycles. The van der Waals surface area contributed by atoms with Crippen molar-refractivity contribution in [2.75, 3.05) is 12.4 Å². The van der Waals surface area contributed by atoms with Crippen molar-refractivity contribution in [1.82, 2.24) is 9.78 Å². The van der Waals surface area contributed by atoms with Gasteiger partial charge in [-0.25, -0.2) is 9.48 Å². The van der Waals surface area contributed by atoms with Crippen LogP contribution in [0.2, 0.25) is 0 Å². The van der Waals surface area contributed by atoms with Crippen molar-refractivity contribution in [3.8, 4) is 22.8 Å². The molecule has 2 heterocycles. The quantitative estimate of drug-likeness (QED) is 0.290. The second kappa shape index (κ2) is 8.68. The molecule has 0 saturated carbocycles. The number of anilines is 2. The number of aromatic nitrogens is 2. The molecule has 0 amide bonds. The lowest BCUT2D eigenvalue weighted by atomic mass is 10.1. The van der Waals surface area contributed by atoms with Crippen LogP contribution in [0, 0.1) is 20.8 Å². The number of furan rings is 1. The fourth-order valence-electron chi connectivity index (χ4n) is 4.37. The summed E-state index contributed by atoms with van der Waals surface area (Å²) in [6, 6.07) is 20.7. The summed E-state index contributed by atoms with van der Waals surface area (Å²) in [7, 11) is 1.51. The Labute approximate surface area is 202 Å². The predicted molar refractivity (Wildman–Crippen MR) is 136 cm³/mol. The molecule has 35 heavy (non-hydrogen) atoms. The molecule has 2 N–H and O–H groups in total. The van der Waals surface area contributed by atoms with Gasteiger partial charge in [-0.1, -0.05) is 36.4 Å². The zero-order valence-electron chi connectivity index (χ0n) is 19.9. The number of fused-ring (bicyclic) bond motifs is 1.